The molecule has 5 rings (SSSR count). The van der Waals surface area contributed by atoms with Crippen LogP contribution in [0.2, 0.25) is 5.02 Å². The van der Waals surface area contributed by atoms with E-state index in [0.29, 0.717) is 28.2 Å². The van der Waals surface area contributed by atoms with E-state index in [9.17, 15) is 13.2 Å². The molecule has 0 atom stereocenters. The molecule has 11 nitrogen and oxygen atoms in total. The van der Waals surface area contributed by atoms with Crippen molar-refractivity contribution in [3.05, 3.63) is 83.4 Å². The molecule has 0 aliphatic heterocycles. The van der Waals surface area contributed by atoms with Crippen LogP contribution in [-0.4, -0.2) is 60.7 Å². The first kappa shape index (κ1) is 30.9. The number of nitrogens with zero attached hydrogens (tertiary/aromatic N) is 5. The Labute approximate surface area is 260 Å². The molecule has 0 saturated heterocycles. The molecule has 0 radical (unpaired) electrons. The first-order valence-corrected chi connectivity index (χ1v) is 15.4. The molecule has 44 heavy (non-hydrogen) atoms. The Bertz CT molecular complexity index is 1940. The van der Waals surface area contributed by atoms with E-state index in [0.717, 1.165) is 9.87 Å². The SMILES string of the molecule is COc1ccc(Cn2nc(N(C)S(=O)(=O)c3ccc(OC)c(Cl)c3)cc2-c2nc3ccccc3n2C(=O)OC(C)(C)C)cc1. The number of rotatable bonds is 8. The Morgan fingerprint density at radius 1 is 0.977 bits per heavy atom. The Hall–Kier alpha value is -4.55. The van der Waals surface area contributed by atoms with Crippen molar-refractivity contribution < 1.29 is 27.4 Å². The van der Waals surface area contributed by atoms with Gasteiger partial charge in [0.05, 0.1) is 41.7 Å². The highest BCUT2D eigenvalue weighted by Gasteiger charge is 2.29. The summed E-state index contributed by atoms with van der Waals surface area (Å²) in [4.78, 5) is 18.3. The summed E-state index contributed by atoms with van der Waals surface area (Å²) in [5, 5.41) is 4.84. The van der Waals surface area contributed by atoms with Gasteiger partial charge in [0.1, 0.15) is 22.8 Å². The number of halogens is 1. The third-order valence-corrected chi connectivity index (χ3v) is 8.78. The highest BCUT2D eigenvalue weighted by molar-refractivity contribution is 7.92. The Morgan fingerprint density at radius 2 is 1.68 bits per heavy atom. The van der Waals surface area contributed by atoms with E-state index in [2.05, 4.69) is 5.10 Å². The topological polar surface area (TPSA) is 118 Å². The molecular formula is C31H32ClN5O6S. The van der Waals surface area contributed by atoms with Crippen molar-refractivity contribution in [2.75, 3.05) is 25.6 Å². The monoisotopic (exact) mass is 637 g/mol. The lowest BCUT2D eigenvalue weighted by atomic mass is 10.2. The first-order chi connectivity index (χ1) is 20.8. The number of hydrogen-bond acceptors (Lipinski definition) is 8. The largest absolute Gasteiger partial charge is 0.497 e. The van der Waals surface area contributed by atoms with Gasteiger partial charge in [-0.1, -0.05) is 35.9 Å². The minimum absolute atomic E-state index is 0.0435. The van der Waals surface area contributed by atoms with Gasteiger partial charge >= 0.3 is 6.09 Å². The van der Waals surface area contributed by atoms with Crippen LogP contribution in [0.3, 0.4) is 0 Å². The number of hydrogen-bond donors (Lipinski definition) is 0. The van der Waals surface area contributed by atoms with Crippen LogP contribution in [-0.2, 0) is 21.3 Å². The fourth-order valence-electron chi connectivity index (χ4n) is 4.54. The van der Waals surface area contributed by atoms with Gasteiger partial charge in [-0.25, -0.2) is 22.8 Å². The van der Waals surface area contributed by atoms with Crippen LogP contribution in [0, 0.1) is 0 Å². The van der Waals surface area contributed by atoms with Crippen molar-refractivity contribution in [3.8, 4) is 23.0 Å². The minimum atomic E-state index is -4.10. The fraction of sp³-hybridized carbons (Fsp3) is 0.258. The van der Waals surface area contributed by atoms with E-state index in [1.807, 2.05) is 30.3 Å². The Kier molecular flexibility index (Phi) is 8.32. The maximum Gasteiger partial charge on any atom is 0.420 e. The highest BCUT2D eigenvalue weighted by atomic mass is 35.5. The smallest absolute Gasteiger partial charge is 0.420 e. The zero-order chi connectivity index (χ0) is 31.8. The van der Waals surface area contributed by atoms with Crippen molar-refractivity contribution in [2.24, 2.45) is 0 Å². The number of methoxy groups -OCH3 is 2. The summed E-state index contributed by atoms with van der Waals surface area (Å²) in [5.74, 6) is 1.38. The summed E-state index contributed by atoms with van der Waals surface area (Å²) < 4.78 is 47.7. The number of carbonyl (C=O) groups excluding carboxylic acids is 1. The lowest BCUT2D eigenvalue weighted by molar-refractivity contribution is 0.0546. The zero-order valence-electron chi connectivity index (χ0n) is 25.1. The maximum atomic E-state index is 13.7. The average Bonchev–Trinajstić information content (AvgIpc) is 3.57. The van der Waals surface area contributed by atoms with Gasteiger partial charge in [0.25, 0.3) is 10.0 Å². The van der Waals surface area contributed by atoms with Gasteiger partial charge < -0.3 is 14.2 Å². The first-order valence-electron chi connectivity index (χ1n) is 13.6. The predicted octanol–water partition coefficient (Wildman–Crippen LogP) is 6.23. The molecule has 0 amide bonds. The van der Waals surface area contributed by atoms with Crippen LogP contribution in [0.25, 0.3) is 22.6 Å². The number of aromatic nitrogens is 4. The molecule has 0 fully saturated rings. The number of carbonyl (C=O) groups is 1. The molecular weight excluding hydrogens is 606 g/mol. The molecule has 0 saturated carbocycles. The maximum absolute atomic E-state index is 13.7. The molecule has 5 aromatic rings. The number of anilines is 1. The van der Waals surface area contributed by atoms with Crippen molar-refractivity contribution in [1.29, 1.82) is 0 Å². The van der Waals surface area contributed by atoms with E-state index in [-0.39, 0.29) is 28.1 Å². The van der Waals surface area contributed by atoms with E-state index < -0.39 is 21.7 Å². The van der Waals surface area contributed by atoms with Crippen molar-refractivity contribution in [1.82, 2.24) is 19.3 Å². The number of benzene rings is 3. The number of fused-ring (bicyclic) bond motifs is 1. The Morgan fingerprint density at radius 3 is 2.32 bits per heavy atom. The Balaban J connectivity index is 1.67. The summed E-state index contributed by atoms with van der Waals surface area (Å²) in [6.45, 7) is 5.57. The number of ether oxygens (including phenoxy) is 3. The van der Waals surface area contributed by atoms with E-state index in [1.54, 1.807) is 56.8 Å². The van der Waals surface area contributed by atoms with Gasteiger partial charge in [0, 0.05) is 13.1 Å². The summed E-state index contributed by atoms with van der Waals surface area (Å²) in [7, 11) is 0.328. The van der Waals surface area contributed by atoms with Gasteiger partial charge in [0.2, 0.25) is 0 Å². The molecule has 2 aromatic heterocycles. The molecule has 0 aliphatic rings. The number of imidazole rings is 1. The molecule has 0 spiro atoms. The third-order valence-electron chi connectivity index (χ3n) is 6.73. The summed E-state index contributed by atoms with van der Waals surface area (Å²) in [5.41, 5.74) is 1.56. The lowest BCUT2D eigenvalue weighted by Crippen LogP contribution is -2.27. The van der Waals surface area contributed by atoms with Crippen LogP contribution < -0.4 is 13.8 Å². The molecule has 0 bridgehead atoms. The number of sulfonamides is 1. The van der Waals surface area contributed by atoms with Crippen LogP contribution >= 0.6 is 11.6 Å². The van der Waals surface area contributed by atoms with Crippen LogP contribution in [0.1, 0.15) is 26.3 Å². The van der Waals surface area contributed by atoms with E-state index >= 15 is 0 Å². The highest BCUT2D eigenvalue weighted by Crippen LogP contribution is 2.33. The molecule has 0 N–H and O–H groups in total. The minimum Gasteiger partial charge on any atom is -0.497 e. The lowest BCUT2D eigenvalue weighted by Gasteiger charge is -2.20. The normalized spacial score (nSPS) is 11.9. The second kappa shape index (κ2) is 11.9. The third kappa shape index (κ3) is 6.08. The summed E-state index contributed by atoms with van der Waals surface area (Å²) in [6.07, 6.45) is -0.631. The predicted molar refractivity (Wildman–Crippen MR) is 168 cm³/mol. The van der Waals surface area contributed by atoms with Crippen molar-refractivity contribution in [3.63, 3.8) is 0 Å². The van der Waals surface area contributed by atoms with Gasteiger partial charge in [-0.2, -0.15) is 5.10 Å². The average molecular weight is 638 g/mol. The quantitative estimate of drug-likeness (QED) is 0.197. The molecule has 0 aliphatic carbocycles. The van der Waals surface area contributed by atoms with Crippen LogP contribution in [0.4, 0.5) is 10.6 Å². The second-order valence-electron chi connectivity index (χ2n) is 10.9. The van der Waals surface area contributed by atoms with E-state index in [4.69, 9.17) is 30.8 Å². The van der Waals surface area contributed by atoms with E-state index in [1.165, 1.54) is 36.9 Å². The molecule has 0 unspecified atom stereocenters. The second-order valence-corrected chi connectivity index (χ2v) is 13.3. The van der Waals surface area contributed by atoms with Gasteiger partial charge in [-0.3, -0.25) is 8.99 Å². The van der Waals surface area contributed by atoms with Gasteiger partial charge in [0.15, 0.2) is 11.6 Å². The zero-order valence-corrected chi connectivity index (χ0v) is 26.7. The van der Waals surface area contributed by atoms with Gasteiger partial charge in [-0.05, 0) is 68.8 Å². The fourth-order valence-corrected chi connectivity index (χ4v) is 6.02. The van der Waals surface area contributed by atoms with Gasteiger partial charge in [-0.15, -0.1) is 0 Å². The molecule has 230 valence electrons. The molecule has 2 heterocycles. The molecule has 3 aromatic carbocycles. The summed E-state index contributed by atoms with van der Waals surface area (Å²) >= 11 is 6.25. The molecule has 13 heteroatoms. The van der Waals surface area contributed by atoms with Crippen LogP contribution in [0.5, 0.6) is 11.5 Å². The van der Waals surface area contributed by atoms with Crippen molar-refractivity contribution >= 4 is 44.6 Å². The standard InChI is InChI=1S/C31H32ClN5O6S/c1-31(2,3)43-30(38)37-25-10-8-7-9-24(25)33-29(37)26-18-28(34-36(26)19-20-11-13-21(41-5)14-12-20)35(4)44(39,40)22-15-16-27(42-6)23(32)17-22/h7-18H,19H2,1-6H3. The van der Waals surface area contributed by atoms with Crippen LogP contribution in [0.15, 0.2) is 77.7 Å². The van der Waals surface area contributed by atoms with Crippen molar-refractivity contribution in [2.45, 2.75) is 37.8 Å². The number of para-hydroxylation sites is 2. The summed E-state index contributed by atoms with van der Waals surface area (Å²) in [6, 6.07) is 20.4.